The fourth-order valence-electron chi connectivity index (χ4n) is 3.91. The van der Waals surface area contributed by atoms with Gasteiger partial charge in [0.05, 0.1) is 0 Å². The number of allylic oxidation sites excluding steroid dienone is 4. The van der Waals surface area contributed by atoms with Gasteiger partial charge in [0, 0.05) is 24.2 Å². The number of rotatable bonds is 8. The molecule has 2 aromatic rings. The molecule has 2 aliphatic rings. The molecule has 176 valence electrons. The maximum atomic E-state index is 14.1. The number of Topliss-reactive ketones (excluding diaryl/α,β-unsaturated/α-hetero) is 1. The van der Waals surface area contributed by atoms with E-state index in [0.717, 1.165) is 0 Å². The van der Waals surface area contributed by atoms with Gasteiger partial charge >= 0.3 is 0 Å². The highest BCUT2D eigenvalue weighted by Gasteiger charge is 2.39. The number of nitrogens with two attached hydrogens (primary N) is 4. The zero-order valence-electron chi connectivity index (χ0n) is 18.8. The van der Waals surface area contributed by atoms with Gasteiger partial charge in [-0.1, -0.05) is 60.7 Å². The Bertz CT molecular complexity index is 1050. The predicted molar refractivity (Wildman–Crippen MR) is 134 cm³/mol. The molecule has 0 bridgehead atoms. The molecule has 0 saturated heterocycles. The quantitative estimate of drug-likeness (QED) is 0.350. The van der Waals surface area contributed by atoms with Crippen molar-refractivity contribution in [3.8, 4) is 0 Å². The van der Waals surface area contributed by atoms with Crippen LogP contribution in [0.25, 0.3) is 0 Å². The van der Waals surface area contributed by atoms with Crippen molar-refractivity contribution in [2.24, 2.45) is 11.5 Å². The Balaban J connectivity index is 1.73. The summed E-state index contributed by atoms with van der Waals surface area (Å²) in [4.78, 5) is 14.1. The summed E-state index contributed by atoms with van der Waals surface area (Å²) in [5, 5.41) is 0. The molecule has 0 radical (unpaired) electrons. The maximum Gasteiger partial charge on any atom is 0.199 e. The molecule has 4 atom stereocenters. The minimum Gasteiger partial charge on any atom is -0.399 e. The molecule has 7 nitrogen and oxygen atoms in total. The maximum absolute atomic E-state index is 14.1. The largest absolute Gasteiger partial charge is 0.399 e. The van der Waals surface area contributed by atoms with Gasteiger partial charge in [-0.15, -0.1) is 0 Å². The van der Waals surface area contributed by atoms with Gasteiger partial charge in [-0.05, 0) is 47.5 Å². The molecule has 34 heavy (non-hydrogen) atoms. The van der Waals surface area contributed by atoms with E-state index in [1.165, 1.54) is 0 Å². The van der Waals surface area contributed by atoms with Crippen LogP contribution in [-0.4, -0.2) is 17.2 Å². The average molecular weight is 459 g/mol. The van der Waals surface area contributed by atoms with Crippen LogP contribution >= 0.6 is 0 Å². The van der Waals surface area contributed by atoms with E-state index in [0.29, 0.717) is 35.3 Å². The Labute approximate surface area is 199 Å². The Morgan fingerprint density at radius 1 is 0.676 bits per heavy atom. The van der Waals surface area contributed by atoms with Gasteiger partial charge in [0.25, 0.3) is 0 Å². The van der Waals surface area contributed by atoms with Crippen LogP contribution in [0.1, 0.15) is 36.2 Å². The number of benzene rings is 2. The Morgan fingerprint density at radius 3 is 1.38 bits per heavy atom. The fraction of sp³-hybridized carbons (Fsp3) is 0.222. The standard InChI is InChI=1S/C27H30N4O3/c28-21-11-7-19(8-12-21)24(33-26(30)15-3-1-4-16-26)23(32)25(20-9-13-22(29)14-10-20)34-27(31)17-5-2-6-18-27/h1-15,17,24-25H,16,18,28-31H2. The third-order valence-electron chi connectivity index (χ3n) is 5.79. The van der Waals surface area contributed by atoms with Crippen molar-refractivity contribution in [1.82, 2.24) is 0 Å². The molecular weight excluding hydrogens is 428 g/mol. The van der Waals surface area contributed by atoms with Crippen LogP contribution in [0.15, 0.2) is 97.1 Å². The molecule has 0 saturated carbocycles. The molecule has 7 heteroatoms. The van der Waals surface area contributed by atoms with E-state index in [-0.39, 0.29) is 5.78 Å². The molecule has 0 amide bonds. The van der Waals surface area contributed by atoms with Crippen LogP contribution < -0.4 is 22.9 Å². The lowest BCUT2D eigenvalue weighted by Gasteiger charge is -2.36. The molecule has 2 aliphatic carbocycles. The summed E-state index contributed by atoms with van der Waals surface area (Å²) in [6.45, 7) is 0. The molecular formula is C27H30N4O3. The first kappa shape index (κ1) is 23.7. The highest BCUT2D eigenvalue weighted by molar-refractivity contribution is 5.90. The van der Waals surface area contributed by atoms with Crippen LogP contribution in [0.2, 0.25) is 0 Å². The molecule has 2 aromatic carbocycles. The number of hydrogen-bond acceptors (Lipinski definition) is 7. The first-order chi connectivity index (χ1) is 16.3. The fourth-order valence-corrected chi connectivity index (χ4v) is 3.91. The van der Waals surface area contributed by atoms with E-state index in [4.69, 9.17) is 32.4 Å². The number of carbonyl (C=O) groups excluding carboxylic acids is 1. The van der Waals surface area contributed by atoms with E-state index < -0.39 is 23.7 Å². The molecule has 0 spiro atoms. The smallest absolute Gasteiger partial charge is 0.199 e. The zero-order chi connectivity index (χ0) is 24.2. The molecule has 0 heterocycles. The third-order valence-corrected chi connectivity index (χ3v) is 5.79. The second kappa shape index (κ2) is 9.79. The molecule has 4 unspecified atom stereocenters. The van der Waals surface area contributed by atoms with Gasteiger partial charge in [0.15, 0.2) is 5.78 Å². The van der Waals surface area contributed by atoms with Gasteiger partial charge in [-0.3, -0.25) is 16.3 Å². The second-order valence-electron chi connectivity index (χ2n) is 8.62. The van der Waals surface area contributed by atoms with E-state index in [1.54, 1.807) is 72.8 Å². The minimum atomic E-state index is -1.16. The van der Waals surface area contributed by atoms with Crippen molar-refractivity contribution in [3.63, 3.8) is 0 Å². The molecule has 4 rings (SSSR count). The normalized spacial score (nSPS) is 25.2. The number of ketones is 1. The van der Waals surface area contributed by atoms with Crippen LogP contribution in [0.4, 0.5) is 11.4 Å². The number of carbonyl (C=O) groups is 1. The Hall–Kier alpha value is -3.49. The van der Waals surface area contributed by atoms with E-state index in [9.17, 15) is 4.79 Å². The van der Waals surface area contributed by atoms with Crippen LogP contribution in [-0.2, 0) is 14.3 Å². The van der Waals surface area contributed by atoms with Crippen molar-refractivity contribution in [1.29, 1.82) is 0 Å². The number of ether oxygens (including phenoxy) is 2. The summed E-state index contributed by atoms with van der Waals surface area (Å²) in [6.07, 6.45) is 13.4. The minimum absolute atomic E-state index is 0.338. The van der Waals surface area contributed by atoms with Crippen molar-refractivity contribution >= 4 is 17.2 Å². The van der Waals surface area contributed by atoms with Crippen LogP contribution in [0.5, 0.6) is 0 Å². The Morgan fingerprint density at radius 2 is 1.06 bits per heavy atom. The predicted octanol–water partition coefficient (Wildman–Crippen LogP) is 3.58. The van der Waals surface area contributed by atoms with Crippen molar-refractivity contribution in [2.75, 3.05) is 11.5 Å². The first-order valence-electron chi connectivity index (χ1n) is 11.1. The highest BCUT2D eigenvalue weighted by Crippen LogP contribution is 2.36. The number of anilines is 2. The highest BCUT2D eigenvalue weighted by atomic mass is 16.5. The molecule has 0 aliphatic heterocycles. The second-order valence-corrected chi connectivity index (χ2v) is 8.62. The van der Waals surface area contributed by atoms with Crippen molar-refractivity contribution in [3.05, 3.63) is 108 Å². The lowest BCUT2D eigenvalue weighted by molar-refractivity contribution is -0.161. The van der Waals surface area contributed by atoms with Gasteiger partial charge in [-0.25, -0.2) is 0 Å². The van der Waals surface area contributed by atoms with Crippen molar-refractivity contribution in [2.45, 2.75) is 36.5 Å². The third kappa shape index (κ3) is 5.52. The number of hydrogen-bond donors (Lipinski definition) is 4. The Kier molecular flexibility index (Phi) is 6.81. The van der Waals surface area contributed by atoms with Gasteiger partial charge in [-0.2, -0.15) is 0 Å². The summed E-state index contributed by atoms with van der Waals surface area (Å²) in [5.74, 6) is -0.338. The van der Waals surface area contributed by atoms with Crippen LogP contribution in [0, 0.1) is 0 Å². The van der Waals surface area contributed by atoms with Gasteiger partial charge in [0.2, 0.25) is 0 Å². The lowest BCUT2D eigenvalue weighted by atomic mass is 9.94. The van der Waals surface area contributed by atoms with E-state index >= 15 is 0 Å². The summed E-state index contributed by atoms with van der Waals surface area (Å²) in [5.41, 5.74) is 24.8. The molecule has 0 fully saturated rings. The zero-order valence-corrected chi connectivity index (χ0v) is 18.8. The summed E-state index contributed by atoms with van der Waals surface area (Å²) < 4.78 is 12.6. The first-order valence-corrected chi connectivity index (χ1v) is 11.1. The van der Waals surface area contributed by atoms with Gasteiger partial charge in [0.1, 0.15) is 23.7 Å². The summed E-state index contributed by atoms with van der Waals surface area (Å²) in [6, 6.07) is 13.9. The molecule has 8 N–H and O–H groups in total. The van der Waals surface area contributed by atoms with Crippen LogP contribution in [0.3, 0.4) is 0 Å². The summed E-state index contributed by atoms with van der Waals surface area (Å²) >= 11 is 0. The summed E-state index contributed by atoms with van der Waals surface area (Å²) in [7, 11) is 0. The van der Waals surface area contributed by atoms with E-state index in [1.807, 2.05) is 24.3 Å². The SMILES string of the molecule is Nc1ccc(C(OC2(N)C=CC=CC2)C(=O)C(OC2(N)C=CC=CC2)c2ccc(N)cc2)cc1. The topological polar surface area (TPSA) is 140 Å². The number of nitrogen functional groups attached to an aromatic ring is 2. The lowest BCUT2D eigenvalue weighted by Crippen LogP contribution is -2.46. The molecule has 0 aromatic heterocycles. The van der Waals surface area contributed by atoms with Crippen molar-refractivity contribution < 1.29 is 14.3 Å². The monoisotopic (exact) mass is 458 g/mol. The van der Waals surface area contributed by atoms with Gasteiger partial charge < -0.3 is 20.9 Å². The van der Waals surface area contributed by atoms with E-state index in [2.05, 4.69) is 0 Å². The average Bonchev–Trinajstić information content (AvgIpc) is 2.83.